The third-order valence-corrected chi connectivity index (χ3v) is 7.22. The Labute approximate surface area is 238 Å². The number of nitrogens with zero attached hydrogens (tertiary/aromatic N) is 1. The number of rotatable bonds is 11. The van der Waals surface area contributed by atoms with Crippen molar-refractivity contribution in [2.75, 3.05) is 19.6 Å². The van der Waals surface area contributed by atoms with Gasteiger partial charge < -0.3 is 4.90 Å². The molecular formula is C37H61N. The van der Waals surface area contributed by atoms with E-state index < -0.39 is 0 Å². The monoisotopic (exact) mass is 519 g/mol. The first kappa shape index (κ1) is 35.9. The average Bonchev–Trinajstić information content (AvgIpc) is 3.45. The maximum atomic E-state index is 4.17. The lowest BCUT2D eigenvalue weighted by Crippen LogP contribution is -2.21. The lowest BCUT2D eigenvalue weighted by Gasteiger charge is -2.19. The minimum Gasteiger partial charge on any atom is -0.303 e. The van der Waals surface area contributed by atoms with E-state index in [0.717, 1.165) is 12.8 Å². The molecule has 1 nitrogen and oxygen atoms in total. The molecule has 1 aliphatic heterocycles. The molecular weight excluding hydrogens is 458 g/mol. The number of hydrogen-bond acceptors (Lipinski definition) is 1. The van der Waals surface area contributed by atoms with E-state index in [1.54, 1.807) is 0 Å². The molecule has 0 N–H and O–H groups in total. The summed E-state index contributed by atoms with van der Waals surface area (Å²) in [6.45, 7) is 31.0. The highest BCUT2D eigenvalue weighted by atomic mass is 15.1. The zero-order valence-electron chi connectivity index (χ0n) is 26.8. The molecule has 1 saturated heterocycles. The smallest absolute Gasteiger partial charge is 0.00130 e. The van der Waals surface area contributed by atoms with Crippen LogP contribution in [-0.4, -0.2) is 24.5 Å². The molecule has 0 amide bonds. The summed E-state index contributed by atoms with van der Waals surface area (Å²) in [6.07, 6.45) is 10.1. The van der Waals surface area contributed by atoms with E-state index in [0.29, 0.717) is 5.92 Å². The predicted octanol–water partition coefficient (Wildman–Crippen LogP) is 11.5. The van der Waals surface area contributed by atoms with Gasteiger partial charge in [-0.3, -0.25) is 0 Å². The summed E-state index contributed by atoms with van der Waals surface area (Å²) in [7, 11) is 0. The van der Waals surface area contributed by atoms with Crippen LogP contribution in [0, 0.1) is 20.8 Å². The normalized spacial score (nSPS) is 13.2. The van der Waals surface area contributed by atoms with E-state index in [1.165, 1.54) is 97.1 Å². The largest absolute Gasteiger partial charge is 0.303 e. The van der Waals surface area contributed by atoms with Gasteiger partial charge in [0.25, 0.3) is 0 Å². The molecule has 1 aliphatic rings. The number of hydrogen-bond donors (Lipinski definition) is 0. The Hall–Kier alpha value is -2.12. The Morgan fingerprint density at radius 3 is 1.92 bits per heavy atom. The Morgan fingerprint density at radius 1 is 0.789 bits per heavy atom. The molecule has 0 aliphatic carbocycles. The Bertz CT molecular complexity index is 883. The molecule has 38 heavy (non-hydrogen) atoms. The second-order valence-electron chi connectivity index (χ2n) is 10.6. The molecule has 1 heterocycles. The van der Waals surface area contributed by atoms with E-state index in [9.17, 15) is 0 Å². The first-order chi connectivity index (χ1) is 18.3. The third kappa shape index (κ3) is 15.3. The second-order valence-corrected chi connectivity index (χ2v) is 10.6. The van der Waals surface area contributed by atoms with Gasteiger partial charge in [-0.05, 0) is 126 Å². The van der Waals surface area contributed by atoms with Gasteiger partial charge in [-0.2, -0.15) is 0 Å². The summed E-state index contributed by atoms with van der Waals surface area (Å²) in [5, 5.41) is 0. The summed E-state index contributed by atoms with van der Waals surface area (Å²) in [5.41, 5.74) is 9.49. The number of likely N-dealkylation sites (tertiary alicyclic amines) is 1. The lowest BCUT2D eigenvalue weighted by atomic mass is 9.94. The zero-order chi connectivity index (χ0) is 28.9. The highest BCUT2D eigenvalue weighted by molar-refractivity contribution is 5.63. The van der Waals surface area contributed by atoms with Crippen molar-refractivity contribution in [1.82, 2.24) is 4.90 Å². The van der Waals surface area contributed by atoms with Crippen molar-refractivity contribution in [2.24, 2.45) is 0 Å². The molecule has 0 bridgehead atoms. The Morgan fingerprint density at radius 2 is 1.37 bits per heavy atom. The van der Waals surface area contributed by atoms with Gasteiger partial charge in [0, 0.05) is 0 Å². The summed E-state index contributed by atoms with van der Waals surface area (Å²) in [4.78, 5) is 2.61. The molecule has 0 aromatic heterocycles. The molecule has 0 saturated carbocycles. The van der Waals surface area contributed by atoms with E-state index in [1.807, 2.05) is 27.7 Å². The van der Waals surface area contributed by atoms with Crippen LogP contribution in [0.4, 0.5) is 0 Å². The van der Waals surface area contributed by atoms with Crippen LogP contribution >= 0.6 is 0 Å². The van der Waals surface area contributed by atoms with Crippen LogP contribution in [0.1, 0.15) is 127 Å². The SMILES string of the molecule is C=C(C)CCCCCC(=C)c1ccc(C)cc1.CC.CC.Cc1ccc([C@@H](C)CCN2CCCC2)cc1C. The van der Waals surface area contributed by atoms with Crippen molar-refractivity contribution in [1.29, 1.82) is 0 Å². The summed E-state index contributed by atoms with van der Waals surface area (Å²) < 4.78 is 0. The van der Waals surface area contributed by atoms with E-state index >= 15 is 0 Å². The third-order valence-electron chi connectivity index (χ3n) is 7.22. The molecule has 2 aromatic carbocycles. The molecule has 2 aromatic rings. The molecule has 0 spiro atoms. The Kier molecular flexibility index (Phi) is 20.6. The van der Waals surface area contributed by atoms with E-state index in [-0.39, 0.29) is 0 Å². The highest BCUT2D eigenvalue weighted by Gasteiger charge is 2.13. The van der Waals surface area contributed by atoms with Crippen LogP contribution in [0.5, 0.6) is 0 Å². The van der Waals surface area contributed by atoms with Crippen LogP contribution in [0.15, 0.2) is 61.2 Å². The van der Waals surface area contributed by atoms with Crippen molar-refractivity contribution in [2.45, 2.75) is 120 Å². The summed E-state index contributed by atoms with van der Waals surface area (Å²) in [6, 6.07) is 15.6. The molecule has 1 atom stereocenters. The average molecular weight is 520 g/mol. The molecule has 0 radical (unpaired) electrons. The fourth-order valence-electron chi connectivity index (χ4n) is 4.50. The van der Waals surface area contributed by atoms with Gasteiger partial charge in [0.1, 0.15) is 0 Å². The van der Waals surface area contributed by atoms with E-state index in [4.69, 9.17) is 0 Å². The lowest BCUT2D eigenvalue weighted by molar-refractivity contribution is 0.324. The number of unbranched alkanes of at least 4 members (excludes halogenated alkanes) is 2. The van der Waals surface area contributed by atoms with Crippen LogP contribution in [0.3, 0.4) is 0 Å². The van der Waals surface area contributed by atoms with Crippen molar-refractivity contribution in [3.63, 3.8) is 0 Å². The minimum absolute atomic E-state index is 0.690. The van der Waals surface area contributed by atoms with Gasteiger partial charge in [-0.25, -0.2) is 0 Å². The fraction of sp³-hybridized carbons (Fsp3) is 0.568. The standard InChI is InChI=1S/C17H24.C16H25N.2C2H6/c1-14(2)8-6-5-7-9-16(4)17-12-10-15(3)11-13-17;1-13-6-7-16(12-15(13)3)14(2)8-11-17-9-4-5-10-17;2*1-2/h10-13H,1,4-9H2,2-3H3;6-7,12,14H,4-5,8-11H2,1-3H3;2*1-2H3/t;14-;;/m.0../s1. The number of benzene rings is 2. The van der Waals surface area contributed by atoms with Crippen molar-refractivity contribution >= 4 is 5.57 Å². The molecule has 3 rings (SSSR count). The molecule has 1 fully saturated rings. The van der Waals surface area contributed by atoms with Gasteiger partial charge in [0.05, 0.1) is 0 Å². The topological polar surface area (TPSA) is 3.24 Å². The zero-order valence-corrected chi connectivity index (χ0v) is 26.8. The second kappa shape index (κ2) is 21.8. The summed E-state index contributed by atoms with van der Waals surface area (Å²) >= 11 is 0. The number of allylic oxidation sites excluding steroid dienone is 2. The van der Waals surface area contributed by atoms with Gasteiger partial charge in [-0.15, -0.1) is 6.58 Å². The van der Waals surface area contributed by atoms with Crippen molar-refractivity contribution in [3.8, 4) is 0 Å². The van der Waals surface area contributed by atoms with Gasteiger partial charge in [0.2, 0.25) is 0 Å². The van der Waals surface area contributed by atoms with E-state index in [2.05, 4.69) is 95.1 Å². The predicted molar refractivity (Wildman–Crippen MR) is 175 cm³/mol. The Balaban J connectivity index is 0.000000637. The van der Waals surface area contributed by atoms with Crippen molar-refractivity contribution < 1.29 is 0 Å². The highest BCUT2D eigenvalue weighted by Crippen LogP contribution is 2.23. The van der Waals surface area contributed by atoms with Crippen LogP contribution in [-0.2, 0) is 0 Å². The van der Waals surface area contributed by atoms with Crippen LogP contribution in [0.2, 0.25) is 0 Å². The quantitative estimate of drug-likeness (QED) is 0.211. The van der Waals surface area contributed by atoms with Crippen LogP contribution in [0.25, 0.3) is 5.57 Å². The van der Waals surface area contributed by atoms with Crippen LogP contribution < -0.4 is 0 Å². The molecule has 214 valence electrons. The fourth-order valence-corrected chi connectivity index (χ4v) is 4.50. The van der Waals surface area contributed by atoms with Gasteiger partial charge >= 0.3 is 0 Å². The number of aryl methyl sites for hydroxylation is 3. The van der Waals surface area contributed by atoms with Crippen molar-refractivity contribution in [3.05, 3.63) is 89.0 Å². The molecule has 1 heteroatoms. The minimum atomic E-state index is 0.690. The first-order valence-electron chi connectivity index (χ1n) is 15.4. The maximum absolute atomic E-state index is 4.17. The maximum Gasteiger partial charge on any atom is -0.00130 e. The van der Waals surface area contributed by atoms with Gasteiger partial charge in [-0.1, -0.05) is 101 Å². The molecule has 0 unspecified atom stereocenters. The van der Waals surface area contributed by atoms with Gasteiger partial charge in [0.15, 0.2) is 0 Å². The first-order valence-corrected chi connectivity index (χ1v) is 15.4. The summed E-state index contributed by atoms with van der Waals surface area (Å²) in [5.74, 6) is 0.690.